The zero-order chi connectivity index (χ0) is 17.4. The summed E-state index contributed by atoms with van der Waals surface area (Å²) in [5.41, 5.74) is -1.27. The van der Waals surface area contributed by atoms with E-state index in [1.54, 1.807) is 0 Å². The molecule has 1 N–H and O–H groups in total. The van der Waals surface area contributed by atoms with Gasteiger partial charge in [0.05, 0.1) is 11.3 Å². The molecule has 2 unspecified atom stereocenters. The van der Waals surface area contributed by atoms with E-state index >= 15 is 0 Å². The van der Waals surface area contributed by atoms with E-state index in [-0.39, 0.29) is 24.6 Å². The summed E-state index contributed by atoms with van der Waals surface area (Å²) in [5, 5.41) is 9.52. The lowest BCUT2D eigenvalue weighted by atomic mass is 9.76. The Morgan fingerprint density at radius 2 is 1.78 bits per heavy atom. The molecule has 1 aliphatic heterocycles. The van der Waals surface area contributed by atoms with Crippen molar-refractivity contribution in [1.29, 1.82) is 0 Å². The molecule has 6 heteroatoms. The summed E-state index contributed by atoms with van der Waals surface area (Å²) in [4.78, 5) is 25.6. The summed E-state index contributed by atoms with van der Waals surface area (Å²) in [6.45, 7) is 5.41. The summed E-state index contributed by atoms with van der Waals surface area (Å²) in [7, 11) is 0. The first-order valence-electron chi connectivity index (χ1n) is 7.67. The lowest BCUT2D eigenvalue weighted by Crippen LogP contribution is -2.41. The van der Waals surface area contributed by atoms with E-state index in [2.05, 4.69) is 0 Å². The maximum atomic E-state index is 13.9. The number of nitrogens with zero attached hydrogens (tertiary/aromatic N) is 1. The molecule has 0 saturated carbocycles. The van der Waals surface area contributed by atoms with Crippen molar-refractivity contribution in [1.82, 2.24) is 4.90 Å². The third-order valence-electron chi connectivity index (χ3n) is 4.95. The van der Waals surface area contributed by atoms with Crippen LogP contribution in [-0.2, 0) is 9.59 Å². The Labute approximate surface area is 134 Å². The largest absolute Gasteiger partial charge is 0.481 e. The normalized spacial score (nSPS) is 22.4. The molecule has 2 atom stereocenters. The van der Waals surface area contributed by atoms with E-state index in [9.17, 15) is 23.5 Å². The van der Waals surface area contributed by atoms with Crippen molar-refractivity contribution in [3.63, 3.8) is 0 Å². The van der Waals surface area contributed by atoms with Gasteiger partial charge in [0.2, 0.25) is 5.91 Å². The van der Waals surface area contributed by atoms with Gasteiger partial charge in [-0.3, -0.25) is 9.59 Å². The lowest BCUT2D eigenvalue weighted by molar-refractivity contribution is -0.151. The monoisotopic (exact) mass is 325 g/mol. The molecular weight excluding hydrogens is 304 g/mol. The fourth-order valence-electron chi connectivity index (χ4n) is 3.24. The van der Waals surface area contributed by atoms with E-state index in [0.29, 0.717) is 6.42 Å². The minimum absolute atomic E-state index is 0.0687. The molecule has 2 rings (SSSR count). The molecule has 1 aliphatic rings. The molecule has 126 valence electrons. The number of amides is 1. The van der Waals surface area contributed by atoms with Crippen molar-refractivity contribution in [3.05, 3.63) is 35.4 Å². The zero-order valence-electron chi connectivity index (χ0n) is 13.5. The third kappa shape index (κ3) is 2.94. The molecule has 1 aromatic carbocycles. The summed E-state index contributed by atoms with van der Waals surface area (Å²) < 4.78 is 27.7. The lowest BCUT2D eigenvalue weighted by Gasteiger charge is -2.29. The van der Waals surface area contributed by atoms with Crippen LogP contribution in [0.15, 0.2) is 18.2 Å². The van der Waals surface area contributed by atoms with E-state index in [1.165, 1.54) is 17.9 Å². The Morgan fingerprint density at radius 3 is 2.22 bits per heavy atom. The highest BCUT2D eigenvalue weighted by Crippen LogP contribution is 2.39. The average molecular weight is 325 g/mol. The number of carbonyl (C=O) groups excluding carboxylic acids is 1. The second kappa shape index (κ2) is 6.26. The van der Waals surface area contributed by atoms with Crippen LogP contribution in [0.4, 0.5) is 8.78 Å². The fraction of sp³-hybridized carbons (Fsp3) is 0.529. The van der Waals surface area contributed by atoms with Crippen LogP contribution in [0.1, 0.15) is 38.7 Å². The van der Waals surface area contributed by atoms with E-state index in [0.717, 1.165) is 12.1 Å². The van der Waals surface area contributed by atoms with E-state index in [4.69, 9.17) is 0 Å². The van der Waals surface area contributed by atoms with Crippen LogP contribution < -0.4 is 0 Å². The molecule has 0 aliphatic carbocycles. The van der Waals surface area contributed by atoms with Crippen molar-refractivity contribution >= 4 is 11.9 Å². The summed E-state index contributed by atoms with van der Waals surface area (Å²) in [6.07, 6.45) is 0.345. The standard InChI is InChI=1S/C17H21F2NO3/c1-10(2)17(16(22)23)7-8-20(9-17)15(21)11(3)14-12(18)5-4-6-13(14)19/h4-6,10-11H,7-9H2,1-3H3,(H,22,23). The molecule has 1 amide bonds. The molecule has 0 bridgehead atoms. The molecule has 1 saturated heterocycles. The van der Waals surface area contributed by atoms with Gasteiger partial charge in [-0.2, -0.15) is 0 Å². The van der Waals surface area contributed by atoms with Crippen molar-refractivity contribution in [3.8, 4) is 0 Å². The predicted molar refractivity (Wildman–Crippen MR) is 80.9 cm³/mol. The van der Waals surface area contributed by atoms with Crippen molar-refractivity contribution in [2.45, 2.75) is 33.1 Å². The maximum absolute atomic E-state index is 13.9. The Bertz CT molecular complexity index is 612. The van der Waals surface area contributed by atoms with Gasteiger partial charge in [0.1, 0.15) is 11.6 Å². The first-order valence-corrected chi connectivity index (χ1v) is 7.67. The van der Waals surface area contributed by atoms with Crippen LogP contribution in [0, 0.1) is 23.0 Å². The number of aliphatic carboxylic acids is 1. The van der Waals surface area contributed by atoms with E-state index < -0.39 is 34.8 Å². The Hall–Kier alpha value is -1.98. The summed E-state index contributed by atoms with van der Waals surface area (Å²) in [5.74, 6) is -4.05. The number of hydrogen-bond acceptors (Lipinski definition) is 2. The number of halogens is 2. The second-order valence-corrected chi connectivity index (χ2v) is 6.48. The number of benzene rings is 1. The Kier molecular flexibility index (Phi) is 4.73. The van der Waals surface area contributed by atoms with Crippen molar-refractivity contribution < 1.29 is 23.5 Å². The topological polar surface area (TPSA) is 57.6 Å². The highest BCUT2D eigenvalue weighted by atomic mass is 19.1. The van der Waals surface area contributed by atoms with Crippen LogP contribution in [0.5, 0.6) is 0 Å². The first-order chi connectivity index (χ1) is 10.7. The number of carboxylic acids is 1. The van der Waals surface area contributed by atoms with Crippen LogP contribution in [-0.4, -0.2) is 35.0 Å². The predicted octanol–water partition coefficient (Wildman–Crippen LogP) is 3.03. The Balaban J connectivity index is 2.24. The van der Waals surface area contributed by atoms with Gasteiger partial charge >= 0.3 is 5.97 Å². The fourth-order valence-corrected chi connectivity index (χ4v) is 3.24. The first kappa shape index (κ1) is 17.4. The van der Waals surface area contributed by atoms with Gasteiger partial charge < -0.3 is 10.0 Å². The molecule has 0 aromatic heterocycles. The summed E-state index contributed by atoms with van der Waals surface area (Å²) >= 11 is 0. The molecule has 0 spiro atoms. The van der Waals surface area contributed by atoms with Crippen LogP contribution >= 0.6 is 0 Å². The molecule has 4 nitrogen and oxygen atoms in total. The minimum atomic E-state index is -0.997. The quantitative estimate of drug-likeness (QED) is 0.926. The van der Waals surface area contributed by atoms with Gasteiger partial charge in [-0.1, -0.05) is 19.9 Å². The molecule has 1 heterocycles. The van der Waals surface area contributed by atoms with Gasteiger partial charge in [-0.15, -0.1) is 0 Å². The highest BCUT2D eigenvalue weighted by Gasteiger charge is 2.49. The summed E-state index contributed by atoms with van der Waals surface area (Å²) in [6, 6.07) is 3.47. The van der Waals surface area contributed by atoms with Crippen LogP contribution in [0.25, 0.3) is 0 Å². The maximum Gasteiger partial charge on any atom is 0.311 e. The van der Waals surface area contributed by atoms with Gasteiger partial charge in [-0.25, -0.2) is 8.78 Å². The Morgan fingerprint density at radius 1 is 1.22 bits per heavy atom. The van der Waals surface area contributed by atoms with Gasteiger partial charge in [0.15, 0.2) is 0 Å². The number of carbonyl (C=O) groups is 2. The smallest absolute Gasteiger partial charge is 0.311 e. The number of likely N-dealkylation sites (tertiary alicyclic amines) is 1. The van der Waals surface area contributed by atoms with Crippen LogP contribution in [0.3, 0.4) is 0 Å². The van der Waals surface area contributed by atoms with Gasteiger partial charge in [-0.05, 0) is 31.4 Å². The third-order valence-corrected chi connectivity index (χ3v) is 4.95. The highest BCUT2D eigenvalue weighted by molar-refractivity contribution is 5.85. The van der Waals surface area contributed by atoms with Crippen molar-refractivity contribution in [2.75, 3.05) is 13.1 Å². The molecule has 1 fully saturated rings. The van der Waals surface area contributed by atoms with Gasteiger partial charge in [0, 0.05) is 18.7 Å². The molecular formula is C17H21F2NO3. The average Bonchev–Trinajstić information content (AvgIpc) is 2.92. The van der Waals surface area contributed by atoms with E-state index in [1.807, 2.05) is 13.8 Å². The number of carboxylic acid groups (broad SMARTS) is 1. The van der Waals surface area contributed by atoms with Crippen LogP contribution in [0.2, 0.25) is 0 Å². The number of hydrogen-bond donors (Lipinski definition) is 1. The molecule has 23 heavy (non-hydrogen) atoms. The molecule has 1 aromatic rings. The second-order valence-electron chi connectivity index (χ2n) is 6.48. The van der Waals surface area contributed by atoms with Gasteiger partial charge in [0.25, 0.3) is 0 Å². The molecule has 0 radical (unpaired) electrons. The van der Waals surface area contributed by atoms with Crippen molar-refractivity contribution in [2.24, 2.45) is 11.3 Å². The minimum Gasteiger partial charge on any atom is -0.481 e. The number of rotatable bonds is 4. The SMILES string of the molecule is CC(C(=O)N1CCC(C(=O)O)(C(C)C)C1)c1c(F)cccc1F. The zero-order valence-corrected chi connectivity index (χ0v) is 13.5.